The molecule has 0 bridgehead atoms. The van der Waals surface area contributed by atoms with Gasteiger partial charge in [-0.25, -0.2) is 4.39 Å². The number of nitrogens with one attached hydrogen (secondary N) is 1. The Morgan fingerprint density at radius 3 is 2.70 bits per heavy atom. The van der Waals surface area contributed by atoms with Crippen molar-refractivity contribution in [1.29, 1.82) is 0 Å². The van der Waals surface area contributed by atoms with Crippen molar-refractivity contribution in [2.45, 2.75) is 13.0 Å². The lowest BCUT2D eigenvalue weighted by Crippen LogP contribution is -2.45. The van der Waals surface area contributed by atoms with Gasteiger partial charge in [0.2, 0.25) is 0 Å². The smallest absolute Gasteiger partial charge is 0.124 e. The highest BCUT2D eigenvalue weighted by Gasteiger charge is 2.12. The van der Waals surface area contributed by atoms with Crippen LogP contribution in [0.2, 0.25) is 0 Å². The van der Waals surface area contributed by atoms with Gasteiger partial charge in [0.15, 0.2) is 0 Å². The Morgan fingerprint density at radius 2 is 2.00 bits per heavy atom. The summed E-state index contributed by atoms with van der Waals surface area (Å²) in [5.41, 5.74) is 1.10. The van der Waals surface area contributed by atoms with Gasteiger partial charge in [-0.1, -0.05) is 22.0 Å². The molecule has 0 aliphatic carbocycles. The second-order valence-corrected chi connectivity index (χ2v) is 6.27. The predicted octanol–water partition coefficient (Wildman–Crippen LogP) is 2.32. The molecule has 0 spiro atoms. The number of nitrogens with zero attached hydrogens (tertiary/aromatic N) is 2. The normalized spacial score (nSPS) is 17.6. The monoisotopic (exact) mass is 343 g/mol. The van der Waals surface area contributed by atoms with Crippen LogP contribution in [-0.2, 0) is 6.54 Å². The highest BCUT2D eigenvalue weighted by molar-refractivity contribution is 9.10. The average molecular weight is 344 g/mol. The molecule has 1 fully saturated rings. The van der Waals surface area contributed by atoms with Crippen LogP contribution in [0.1, 0.15) is 12.0 Å². The summed E-state index contributed by atoms with van der Waals surface area (Å²) in [6.45, 7) is 7.65. The summed E-state index contributed by atoms with van der Waals surface area (Å²) < 4.78 is 13.8. The summed E-state index contributed by atoms with van der Waals surface area (Å²) in [5.74, 6) is -0.198. The van der Waals surface area contributed by atoms with E-state index in [9.17, 15) is 4.39 Å². The van der Waals surface area contributed by atoms with Gasteiger partial charge in [0.1, 0.15) is 5.82 Å². The minimum absolute atomic E-state index is 0.198. The van der Waals surface area contributed by atoms with E-state index in [1.165, 1.54) is 38.3 Å². The highest BCUT2D eigenvalue weighted by atomic mass is 79.9. The molecule has 0 aromatic heterocycles. The lowest BCUT2D eigenvalue weighted by molar-refractivity contribution is 0.153. The van der Waals surface area contributed by atoms with Crippen molar-refractivity contribution in [2.75, 3.05) is 46.3 Å². The second kappa shape index (κ2) is 8.08. The summed E-state index contributed by atoms with van der Waals surface area (Å²) in [7, 11) is 2.18. The molecule has 112 valence electrons. The van der Waals surface area contributed by atoms with E-state index in [2.05, 4.69) is 38.1 Å². The Morgan fingerprint density at radius 1 is 1.25 bits per heavy atom. The number of rotatable bonds is 6. The topological polar surface area (TPSA) is 18.5 Å². The Labute approximate surface area is 129 Å². The largest absolute Gasteiger partial charge is 0.313 e. The molecule has 1 saturated heterocycles. The summed E-state index contributed by atoms with van der Waals surface area (Å²) in [6.07, 6.45) is 1.16. The third-order valence-electron chi connectivity index (χ3n) is 3.75. The van der Waals surface area contributed by atoms with E-state index in [1.54, 1.807) is 0 Å². The molecule has 0 saturated carbocycles. The van der Waals surface area contributed by atoms with Crippen molar-refractivity contribution in [3.05, 3.63) is 34.1 Å². The first-order valence-corrected chi connectivity index (χ1v) is 8.00. The molecule has 1 N–H and O–H groups in total. The van der Waals surface area contributed by atoms with Crippen molar-refractivity contribution in [3.63, 3.8) is 0 Å². The number of piperazine rings is 1. The Bertz CT molecular complexity index is 420. The Balaban J connectivity index is 1.59. The van der Waals surface area contributed by atoms with Crippen LogP contribution in [0.4, 0.5) is 4.39 Å². The molecule has 0 amide bonds. The zero-order valence-electron chi connectivity index (χ0n) is 12.0. The highest BCUT2D eigenvalue weighted by Crippen LogP contribution is 2.17. The summed E-state index contributed by atoms with van der Waals surface area (Å²) in [4.78, 5) is 4.90. The van der Waals surface area contributed by atoms with E-state index in [4.69, 9.17) is 0 Å². The van der Waals surface area contributed by atoms with Gasteiger partial charge >= 0.3 is 0 Å². The maximum Gasteiger partial charge on any atom is 0.124 e. The zero-order chi connectivity index (χ0) is 14.4. The third kappa shape index (κ3) is 5.13. The quantitative estimate of drug-likeness (QED) is 0.799. The van der Waals surface area contributed by atoms with Crippen LogP contribution < -0.4 is 5.32 Å². The molecular formula is C15H23BrFN3. The minimum Gasteiger partial charge on any atom is -0.313 e. The fourth-order valence-electron chi connectivity index (χ4n) is 2.39. The first-order valence-electron chi connectivity index (χ1n) is 7.21. The standard InChI is InChI=1S/C15H23BrFN3/c1-19-7-9-20(10-8-19)6-2-5-18-12-13-3-4-14(17)11-15(13)16/h3-4,11,18H,2,5-10,12H2,1H3. The van der Waals surface area contributed by atoms with Crippen molar-refractivity contribution >= 4 is 15.9 Å². The minimum atomic E-state index is -0.198. The van der Waals surface area contributed by atoms with Crippen molar-refractivity contribution in [1.82, 2.24) is 15.1 Å². The van der Waals surface area contributed by atoms with Gasteiger partial charge in [0.05, 0.1) is 0 Å². The molecule has 2 rings (SSSR count). The number of hydrogen-bond acceptors (Lipinski definition) is 3. The first kappa shape index (κ1) is 15.9. The molecule has 1 aliphatic rings. The van der Waals surface area contributed by atoms with Gasteiger partial charge in [0, 0.05) is 37.2 Å². The Kier molecular flexibility index (Phi) is 6.42. The fourth-order valence-corrected chi connectivity index (χ4v) is 2.88. The zero-order valence-corrected chi connectivity index (χ0v) is 13.6. The molecule has 1 aliphatic heterocycles. The summed E-state index contributed by atoms with van der Waals surface area (Å²) in [6, 6.07) is 4.85. The molecule has 1 aromatic rings. The second-order valence-electron chi connectivity index (χ2n) is 5.41. The fraction of sp³-hybridized carbons (Fsp3) is 0.600. The number of likely N-dealkylation sites (N-methyl/N-ethyl adjacent to an activating group) is 1. The molecule has 0 unspecified atom stereocenters. The van der Waals surface area contributed by atoms with E-state index in [1.807, 2.05) is 6.07 Å². The molecule has 0 radical (unpaired) electrons. The van der Waals surface area contributed by atoms with Crippen LogP contribution >= 0.6 is 15.9 Å². The first-order chi connectivity index (χ1) is 9.65. The van der Waals surface area contributed by atoms with Crippen LogP contribution in [0.15, 0.2) is 22.7 Å². The van der Waals surface area contributed by atoms with Crippen LogP contribution in [0, 0.1) is 5.82 Å². The van der Waals surface area contributed by atoms with E-state index >= 15 is 0 Å². The van der Waals surface area contributed by atoms with Gasteiger partial charge in [-0.3, -0.25) is 0 Å². The number of benzene rings is 1. The van der Waals surface area contributed by atoms with E-state index in [0.717, 1.165) is 36.1 Å². The molecule has 1 aromatic carbocycles. The lowest BCUT2D eigenvalue weighted by atomic mass is 10.2. The maximum atomic E-state index is 13.0. The predicted molar refractivity (Wildman–Crippen MR) is 84.4 cm³/mol. The van der Waals surface area contributed by atoms with Gasteiger partial charge in [-0.15, -0.1) is 0 Å². The van der Waals surface area contributed by atoms with Crippen molar-refractivity contribution < 1.29 is 4.39 Å². The van der Waals surface area contributed by atoms with E-state index in [0.29, 0.717) is 0 Å². The number of halogens is 2. The summed E-state index contributed by atoms with van der Waals surface area (Å²) >= 11 is 3.39. The molecule has 20 heavy (non-hydrogen) atoms. The maximum absolute atomic E-state index is 13.0. The summed E-state index contributed by atoms with van der Waals surface area (Å²) in [5, 5.41) is 3.42. The van der Waals surface area contributed by atoms with Crippen LogP contribution in [0.5, 0.6) is 0 Å². The Hall–Kier alpha value is -0.490. The van der Waals surface area contributed by atoms with Gasteiger partial charge in [0.25, 0.3) is 0 Å². The molecule has 0 atom stereocenters. The average Bonchev–Trinajstić information content (AvgIpc) is 2.42. The van der Waals surface area contributed by atoms with E-state index < -0.39 is 0 Å². The molecule has 5 heteroatoms. The van der Waals surface area contributed by atoms with Gasteiger partial charge < -0.3 is 15.1 Å². The SMILES string of the molecule is CN1CCN(CCCNCc2ccc(F)cc2Br)CC1. The lowest BCUT2D eigenvalue weighted by Gasteiger charge is -2.32. The van der Waals surface area contributed by atoms with Crippen molar-refractivity contribution in [2.24, 2.45) is 0 Å². The van der Waals surface area contributed by atoms with Crippen LogP contribution in [0.25, 0.3) is 0 Å². The van der Waals surface area contributed by atoms with Crippen LogP contribution in [0.3, 0.4) is 0 Å². The van der Waals surface area contributed by atoms with Gasteiger partial charge in [-0.2, -0.15) is 0 Å². The number of hydrogen-bond donors (Lipinski definition) is 1. The third-order valence-corrected chi connectivity index (χ3v) is 4.49. The van der Waals surface area contributed by atoms with Crippen LogP contribution in [-0.4, -0.2) is 56.1 Å². The van der Waals surface area contributed by atoms with Crippen molar-refractivity contribution in [3.8, 4) is 0 Å². The molecule has 1 heterocycles. The molecular weight excluding hydrogens is 321 g/mol. The van der Waals surface area contributed by atoms with E-state index in [-0.39, 0.29) is 5.82 Å². The van der Waals surface area contributed by atoms with Gasteiger partial charge in [-0.05, 0) is 44.3 Å². The molecule has 3 nitrogen and oxygen atoms in total.